The van der Waals surface area contributed by atoms with Gasteiger partial charge in [0.1, 0.15) is 6.54 Å². The lowest BCUT2D eigenvalue weighted by molar-refractivity contribution is -0.120. The second kappa shape index (κ2) is 6.40. The average Bonchev–Trinajstić information content (AvgIpc) is 2.86. The predicted octanol–water partition coefficient (Wildman–Crippen LogP) is 0.456. The molecule has 1 heterocycles. The number of imide groups is 1. The van der Waals surface area contributed by atoms with Crippen LogP contribution in [0.15, 0.2) is 34.9 Å². The molecule has 20 heavy (non-hydrogen) atoms. The van der Waals surface area contributed by atoms with Crippen LogP contribution < -0.4 is 11.1 Å². The SMILES string of the molecule is NCc1cn(CC(=O)NC(=O)c2ccccc2Br)nn1. The number of nitrogens with zero attached hydrogens (tertiary/aromatic N) is 3. The first-order valence-electron chi connectivity index (χ1n) is 5.78. The highest BCUT2D eigenvalue weighted by Crippen LogP contribution is 2.15. The van der Waals surface area contributed by atoms with Crippen molar-refractivity contribution in [2.75, 3.05) is 0 Å². The first-order chi connectivity index (χ1) is 9.60. The lowest BCUT2D eigenvalue weighted by atomic mass is 10.2. The van der Waals surface area contributed by atoms with Crippen LogP contribution >= 0.6 is 15.9 Å². The molecule has 3 N–H and O–H groups in total. The quantitative estimate of drug-likeness (QED) is 0.843. The van der Waals surface area contributed by atoms with Gasteiger partial charge in [-0.25, -0.2) is 4.68 Å². The topological polar surface area (TPSA) is 103 Å². The van der Waals surface area contributed by atoms with Crippen molar-refractivity contribution < 1.29 is 9.59 Å². The van der Waals surface area contributed by atoms with Crippen molar-refractivity contribution in [1.29, 1.82) is 0 Å². The molecule has 104 valence electrons. The molecule has 0 saturated carbocycles. The maximum Gasteiger partial charge on any atom is 0.259 e. The van der Waals surface area contributed by atoms with E-state index < -0.39 is 11.8 Å². The van der Waals surface area contributed by atoms with Crippen molar-refractivity contribution in [2.24, 2.45) is 5.73 Å². The van der Waals surface area contributed by atoms with E-state index in [9.17, 15) is 9.59 Å². The van der Waals surface area contributed by atoms with E-state index in [0.29, 0.717) is 15.7 Å². The standard InChI is InChI=1S/C12H12BrN5O2/c13-10-4-2-1-3-9(10)12(20)15-11(19)7-18-6-8(5-14)16-17-18/h1-4,6H,5,7,14H2,(H,15,19,20). The van der Waals surface area contributed by atoms with Crippen LogP contribution in [0.1, 0.15) is 16.1 Å². The molecule has 0 fully saturated rings. The van der Waals surface area contributed by atoms with Crippen LogP contribution in [0.3, 0.4) is 0 Å². The fourth-order valence-electron chi connectivity index (χ4n) is 1.54. The van der Waals surface area contributed by atoms with Gasteiger partial charge in [0.2, 0.25) is 5.91 Å². The Morgan fingerprint density at radius 1 is 1.35 bits per heavy atom. The van der Waals surface area contributed by atoms with Gasteiger partial charge in [-0.05, 0) is 28.1 Å². The van der Waals surface area contributed by atoms with E-state index in [0.717, 1.165) is 0 Å². The van der Waals surface area contributed by atoms with Gasteiger partial charge in [0.25, 0.3) is 5.91 Å². The highest BCUT2D eigenvalue weighted by Gasteiger charge is 2.13. The summed E-state index contributed by atoms with van der Waals surface area (Å²) >= 11 is 3.25. The van der Waals surface area contributed by atoms with E-state index >= 15 is 0 Å². The number of rotatable bonds is 4. The van der Waals surface area contributed by atoms with E-state index in [4.69, 9.17) is 5.73 Å². The fourth-order valence-corrected chi connectivity index (χ4v) is 2.00. The molecule has 2 amide bonds. The van der Waals surface area contributed by atoms with Gasteiger partial charge in [-0.15, -0.1) is 5.10 Å². The number of nitrogens with two attached hydrogens (primary N) is 1. The molecule has 0 unspecified atom stereocenters. The molecule has 2 rings (SSSR count). The molecule has 1 aromatic heterocycles. The number of hydrogen-bond donors (Lipinski definition) is 2. The largest absolute Gasteiger partial charge is 0.325 e. The van der Waals surface area contributed by atoms with Gasteiger partial charge in [-0.1, -0.05) is 17.3 Å². The summed E-state index contributed by atoms with van der Waals surface area (Å²) in [7, 11) is 0. The fraction of sp³-hybridized carbons (Fsp3) is 0.167. The number of halogens is 1. The molecule has 0 saturated heterocycles. The first-order valence-corrected chi connectivity index (χ1v) is 6.57. The summed E-state index contributed by atoms with van der Waals surface area (Å²) in [4.78, 5) is 23.6. The third kappa shape index (κ3) is 3.49. The summed E-state index contributed by atoms with van der Waals surface area (Å²) < 4.78 is 1.95. The molecule has 0 aliphatic heterocycles. The molecule has 2 aromatic rings. The molecule has 0 aliphatic rings. The van der Waals surface area contributed by atoms with Crippen molar-refractivity contribution in [3.8, 4) is 0 Å². The van der Waals surface area contributed by atoms with Crippen molar-refractivity contribution in [3.05, 3.63) is 46.2 Å². The number of nitrogens with one attached hydrogen (secondary N) is 1. The van der Waals surface area contributed by atoms with Crippen LogP contribution in [-0.2, 0) is 17.9 Å². The van der Waals surface area contributed by atoms with Crippen molar-refractivity contribution in [3.63, 3.8) is 0 Å². The summed E-state index contributed by atoms with van der Waals surface area (Å²) in [6.45, 7) is 0.153. The Morgan fingerprint density at radius 3 is 2.75 bits per heavy atom. The highest BCUT2D eigenvalue weighted by molar-refractivity contribution is 9.10. The molecule has 8 heteroatoms. The van der Waals surface area contributed by atoms with E-state index in [1.165, 1.54) is 4.68 Å². The second-order valence-electron chi connectivity index (χ2n) is 3.97. The van der Waals surface area contributed by atoms with E-state index in [1.807, 2.05) is 0 Å². The van der Waals surface area contributed by atoms with E-state index in [1.54, 1.807) is 30.5 Å². The van der Waals surface area contributed by atoms with E-state index in [2.05, 4.69) is 31.6 Å². The summed E-state index contributed by atoms with van der Waals surface area (Å²) in [5, 5.41) is 9.77. The van der Waals surface area contributed by atoms with Gasteiger partial charge in [-0.3, -0.25) is 14.9 Å². The molecule has 0 aliphatic carbocycles. The predicted molar refractivity (Wildman–Crippen MR) is 74.5 cm³/mol. The maximum atomic E-state index is 11.9. The zero-order valence-corrected chi connectivity index (χ0v) is 12.0. The minimum absolute atomic E-state index is 0.0941. The number of hydrogen-bond acceptors (Lipinski definition) is 5. The highest BCUT2D eigenvalue weighted by atomic mass is 79.9. The number of benzene rings is 1. The van der Waals surface area contributed by atoms with Crippen LogP contribution in [0.2, 0.25) is 0 Å². The van der Waals surface area contributed by atoms with Crippen LogP contribution in [0, 0.1) is 0 Å². The number of carbonyl (C=O) groups excluding carboxylic acids is 2. The van der Waals surface area contributed by atoms with Crippen LogP contribution in [0.4, 0.5) is 0 Å². The summed E-state index contributed by atoms with van der Waals surface area (Å²) in [5.74, 6) is -0.944. The smallest absolute Gasteiger partial charge is 0.259 e. The zero-order chi connectivity index (χ0) is 14.5. The lowest BCUT2D eigenvalue weighted by Gasteiger charge is -2.05. The molecular formula is C12H12BrN5O2. The normalized spacial score (nSPS) is 10.3. The van der Waals surface area contributed by atoms with Gasteiger partial charge in [-0.2, -0.15) is 0 Å². The summed E-state index contributed by atoms with van der Waals surface area (Å²) in [5.41, 5.74) is 6.36. The van der Waals surface area contributed by atoms with Crippen LogP contribution in [-0.4, -0.2) is 26.8 Å². The van der Waals surface area contributed by atoms with Crippen molar-refractivity contribution in [2.45, 2.75) is 13.1 Å². The molecular weight excluding hydrogens is 326 g/mol. The van der Waals surface area contributed by atoms with Gasteiger partial charge >= 0.3 is 0 Å². The Hall–Kier alpha value is -2.06. The lowest BCUT2D eigenvalue weighted by Crippen LogP contribution is -2.33. The second-order valence-corrected chi connectivity index (χ2v) is 4.82. The Labute approximate surface area is 123 Å². The average molecular weight is 338 g/mol. The zero-order valence-electron chi connectivity index (χ0n) is 10.4. The molecule has 0 radical (unpaired) electrons. The third-order valence-corrected chi connectivity index (χ3v) is 3.16. The molecule has 7 nitrogen and oxygen atoms in total. The van der Waals surface area contributed by atoms with Gasteiger partial charge in [0.05, 0.1) is 17.5 Å². The Balaban J connectivity index is 1.98. The molecule has 0 spiro atoms. The van der Waals surface area contributed by atoms with Gasteiger partial charge in [0.15, 0.2) is 0 Å². The summed E-state index contributed by atoms with van der Waals surface area (Å²) in [6.07, 6.45) is 1.56. The Kier molecular flexibility index (Phi) is 4.59. The minimum atomic E-state index is -0.473. The van der Waals surface area contributed by atoms with Crippen molar-refractivity contribution >= 4 is 27.7 Å². The Bertz CT molecular complexity index is 640. The molecule has 1 aromatic carbocycles. The van der Waals surface area contributed by atoms with Crippen molar-refractivity contribution in [1.82, 2.24) is 20.3 Å². The molecule has 0 atom stereocenters. The minimum Gasteiger partial charge on any atom is -0.325 e. The first kappa shape index (κ1) is 14.4. The van der Waals surface area contributed by atoms with Crippen LogP contribution in [0.5, 0.6) is 0 Å². The van der Waals surface area contributed by atoms with Gasteiger partial charge < -0.3 is 5.73 Å². The monoisotopic (exact) mass is 337 g/mol. The third-order valence-electron chi connectivity index (χ3n) is 2.47. The summed E-state index contributed by atoms with van der Waals surface area (Å²) in [6, 6.07) is 6.85. The number of amides is 2. The van der Waals surface area contributed by atoms with Crippen LogP contribution in [0.25, 0.3) is 0 Å². The number of aromatic nitrogens is 3. The Morgan fingerprint density at radius 2 is 2.10 bits per heavy atom. The van der Waals surface area contributed by atoms with E-state index in [-0.39, 0.29) is 13.1 Å². The molecule has 0 bridgehead atoms. The maximum absolute atomic E-state index is 11.9. The van der Waals surface area contributed by atoms with Gasteiger partial charge in [0, 0.05) is 11.0 Å². The number of carbonyl (C=O) groups is 2.